The number of amides is 2. The van der Waals surface area contributed by atoms with Crippen molar-refractivity contribution in [2.45, 2.75) is 6.54 Å². The molecule has 0 aliphatic carbocycles. The highest BCUT2D eigenvalue weighted by Crippen LogP contribution is 2.20. The Balaban J connectivity index is 2.04. The monoisotopic (exact) mass is 322 g/mol. The molecule has 2 amide bonds. The lowest BCUT2D eigenvalue weighted by molar-refractivity contribution is 0.220. The number of rotatable bonds is 4. The molecule has 116 valence electrons. The summed E-state index contributed by atoms with van der Waals surface area (Å²) in [4.78, 5) is 13.5. The van der Waals surface area contributed by atoms with Crippen molar-refractivity contribution in [3.63, 3.8) is 0 Å². The highest BCUT2D eigenvalue weighted by Gasteiger charge is 2.12. The normalized spacial score (nSPS) is 10.2. The largest absolute Gasteiger partial charge is 0.497 e. The first-order chi connectivity index (χ1) is 10.5. The number of urea groups is 1. The van der Waals surface area contributed by atoms with Gasteiger partial charge in [-0.15, -0.1) is 0 Å². The Labute approximate surface area is 133 Å². The number of anilines is 1. The molecular formula is C16H16ClFN2O2. The summed E-state index contributed by atoms with van der Waals surface area (Å²) in [5.74, 6) is 0.180. The maximum Gasteiger partial charge on any atom is 0.321 e. The van der Waals surface area contributed by atoms with Crippen LogP contribution in [0.4, 0.5) is 14.9 Å². The molecule has 22 heavy (non-hydrogen) atoms. The molecular weight excluding hydrogens is 307 g/mol. The molecule has 0 radical (unpaired) electrons. The predicted octanol–water partition coefficient (Wildman–Crippen LogP) is 4.15. The van der Waals surface area contributed by atoms with E-state index >= 15 is 0 Å². The van der Waals surface area contributed by atoms with Crippen LogP contribution in [0.3, 0.4) is 0 Å². The lowest BCUT2D eigenvalue weighted by Crippen LogP contribution is -2.31. The van der Waals surface area contributed by atoms with Crippen molar-refractivity contribution in [3.8, 4) is 5.75 Å². The van der Waals surface area contributed by atoms with Crippen LogP contribution in [0.15, 0.2) is 42.5 Å². The van der Waals surface area contributed by atoms with Gasteiger partial charge in [-0.2, -0.15) is 0 Å². The third kappa shape index (κ3) is 4.11. The van der Waals surface area contributed by atoms with Gasteiger partial charge in [-0.3, -0.25) is 0 Å². The summed E-state index contributed by atoms with van der Waals surface area (Å²) in [6, 6.07) is 11.0. The van der Waals surface area contributed by atoms with E-state index in [4.69, 9.17) is 16.3 Å². The molecule has 0 spiro atoms. The van der Waals surface area contributed by atoms with Gasteiger partial charge in [-0.1, -0.05) is 23.7 Å². The van der Waals surface area contributed by atoms with Gasteiger partial charge in [0.1, 0.15) is 11.6 Å². The lowest BCUT2D eigenvalue weighted by atomic mass is 10.2. The van der Waals surface area contributed by atoms with E-state index in [-0.39, 0.29) is 5.69 Å². The fourth-order valence-electron chi connectivity index (χ4n) is 1.92. The first-order valence-corrected chi connectivity index (χ1v) is 6.97. The minimum absolute atomic E-state index is 0.0509. The second kappa shape index (κ2) is 7.13. The van der Waals surface area contributed by atoms with Crippen molar-refractivity contribution in [3.05, 3.63) is 58.9 Å². The van der Waals surface area contributed by atoms with Crippen LogP contribution in [0.5, 0.6) is 5.75 Å². The van der Waals surface area contributed by atoms with E-state index in [9.17, 15) is 9.18 Å². The van der Waals surface area contributed by atoms with Crippen LogP contribution in [-0.2, 0) is 6.54 Å². The Morgan fingerprint density at radius 3 is 2.82 bits per heavy atom. The smallest absolute Gasteiger partial charge is 0.321 e. The molecule has 0 heterocycles. The van der Waals surface area contributed by atoms with Crippen LogP contribution in [0, 0.1) is 5.82 Å². The molecule has 0 unspecified atom stereocenters. The third-order valence-electron chi connectivity index (χ3n) is 3.07. The van der Waals surface area contributed by atoms with E-state index < -0.39 is 11.8 Å². The van der Waals surface area contributed by atoms with Gasteiger partial charge in [-0.05, 0) is 35.9 Å². The number of hydrogen-bond donors (Lipinski definition) is 1. The molecule has 0 aromatic heterocycles. The average molecular weight is 323 g/mol. The summed E-state index contributed by atoms with van der Waals surface area (Å²) >= 11 is 5.80. The second-order valence-corrected chi connectivity index (χ2v) is 5.20. The average Bonchev–Trinajstić information content (AvgIpc) is 2.51. The number of benzene rings is 2. The molecule has 0 aliphatic rings. The zero-order valence-electron chi connectivity index (χ0n) is 12.3. The lowest BCUT2D eigenvalue weighted by Gasteiger charge is -2.18. The SMILES string of the molecule is COc1cccc(CN(C)C(=O)Nc2cc(Cl)ccc2F)c1. The number of methoxy groups -OCH3 is 1. The summed E-state index contributed by atoms with van der Waals surface area (Å²) in [6.45, 7) is 0.366. The topological polar surface area (TPSA) is 41.6 Å². The van der Waals surface area contributed by atoms with Gasteiger partial charge in [0.25, 0.3) is 0 Å². The fraction of sp³-hybridized carbons (Fsp3) is 0.188. The maximum absolute atomic E-state index is 13.6. The van der Waals surface area contributed by atoms with Crippen LogP contribution in [0.1, 0.15) is 5.56 Å². The van der Waals surface area contributed by atoms with Gasteiger partial charge in [0.05, 0.1) is 12.8 Å². The Morgan fingerprint density at radius 2 is 2.09 bits per heavy atom. The maximum atomic E-state index is 13.6. The molecule has 2 aromatic carbocycles. The molecule has 0 saturated heterocycles. The standard InChI is InChI=1S/C16H16ClFN2O2/c1-20(10-11-4-3-5-13(8-11)22-2)16(21)19-15-9-12(17)6-7-14(15)18/h3-9H,10H2,1-2H3,(H,19,21). The van der Waals surface area contributed by atoms with Gasteiger partial charge >= 0.3 is 6.03 Å². The number of hydrogen-bond acceptors (Lipinski definition) is 2. The van der Waals surface area contributed by atoms with E-state index in [1.165, 1.54) is 23.1 Å². The number of carbonyl (C=O) groups is 1. The van der Waals surface area contributed by atoms with E-state index in [0.717, 1.165) is 5.56 Å². The van der Waals surface area contributed by atoms with Crippen LogP contribution in [-0.4, -0.2) is 25.1 Å². The molecule has 0 aliphatic heterocycles. The quantitative estimate of drug-likeness (QED) is 0.918. The molecule has 0 fully saturated rings. The second-order valence-electron chi connectivity index (χ2n) is 4.76. The molecule has 4 nitrogen and oxygen atoms in total. The van der Waals surface area contributed by atoms with E-state index in [1.54, 1.807) is 14.2 Å². The first-order valence-electron chi connectivity index (χ1n) is 6.59. The Kier molecular flexibility index (Phi) is 5.22. The molecule has 6 heteroatoms. The van der Waals surface area contributed by atoms with E-state index in [1.807, 2.05) is 24.3 Å². The highest BCUT2D eigenvalue weighted by molar-refractivity contribution is 6.30. The molecule has 2 aromatic rings. The molecule has 1 N–H and O–H groups in total. The summed E-state index contributed by atoms with van der Waals surface area (Å²) in [5.41, 5.74) is 0.957. The van der Waals surface area contributed by atoms with Crippen LogP contribution in [0.25, 0.3) is 0 Å². The van der Waals surface area contributed by atoms with Crippen molar-refractivity contribution in [2.75, 3.05) is 19.5 Å². The minimum atomic E-state index is -0.535. The Hall–Kier alpha value is -2.27. The van der Waals surface area contributed by atoms with Crippen molar-refractivity contribution in [1.82, 2.24) is 4.90 Å². The first kappa shape index (κ1) is 16.1. The number of halogens is 2. The summed E-state index contributed by atoms with van der Waals surface area (Å²) < 4.78 is 18.7. The number of nitrogens with zero attached hydrogens (tertiary/aromatic N) is 1. The predicted molar refractivity (Wildman–Crippen MR) is 84.9 cm³/mol. The summed E-state index contributed by atoms with van der Waals surface area (Å²) in [5, 5.41) is 2.85. The van der Waals surface area contributed by atoms with Gasteiger partial charge in [0.15, 0.2) is 0 Å². The molecule has 0 saturated carbocycles. The fourth-order valence-corrected chi connectivity index (χ4v) is 2.09. The van der Waals surface area contributed by atoms with Gasteiger partial charge in [0.2, 0.25) is 0 Å². The van der Waals surface area contributed by atoms with Crippen LogP contribution < -0.4 is 10.1 Å². The van der Waals surface area contributed by atoms with Gasteiger partial charge < -0.3 is 15.0 Å². The van der Waals surface area contributed by atoms with Gasteiger partial charge in [0, 0.05) is 18.6 Å². The summed E-state index contributed by atoms with van der Waals surface area (Å²) in [7, 11) is 3.20. The number of ether oxygens (including phenoxy) is 1. The van der Waals surface area contributed by atoms with Crippen molar-refractivity contribution in [2.24, 2.45) is 0 Å². The number of carbonyl (C=O) groups excluding carboxylic acids is 1. The van der Waals surface area contributed by atoms with Gasteiger partial charge in [-0.25, -0.2) is 9.18 Å². The van der Waals surface area contributed by atoms with E-state index in [2.05, 4.69) is 5.32 Å². The highest BCUT2D eigenvalue weighted by atomic mass is 35.5. The Bertz CT molecular complexity index is 679. The van der Waals surface area contributed by atoms with E-state index in [0.29, 0.717) is 17.3 Å². The minimum Gasteiger partial charge on any atom is -0.497 e. The zero-order valence-corrected chi connectivity index (χ0v) is 13.0. The molecule has 0 atom stereocenters. The third-order valence-corrected chi connectivity index (χ3v) is 3.31. The molecule has 0 bridgehead atoms. The van der Waals surface area contributed by atoms with Crippen molar-refractivity contribution in [1.29, 1.82) is 0 Å². The van der Waals surface area contributed by atoms with Crippen LogP contribution >= 0.6 is 11.6 Å². The zero-order chi connectivity index (χ0) is 16.1. The summed E-state index contributed by atoms with van der Waals surface area (Å²) in [6.07, 6.45) is 0. The van der Waals surface area contributed by atoms with Crippen LogP contribution in [0.2, 0.25) is 5.02 Å². The van der Waals surface area contributed by atoms with Crippen molar-refractivity contribution < 1.29 is 13.9 Å². The molecule has 2 rings (SSSR count). The van der Waals surface area contributed by atoms with Crippen molar-refractivity contribution >= 4 is 23.3 Å². The Morgan fingerprint density at radius 1 is 1.32 bits per heavy atom. The number of nitrogens with one attached hydrogen (secondary N) is 1.